The van der Waals surface area contributed by atoms with Crippen molar-refractivity contribution in [2.45, 2.75) is 91.9 Å². The summed E-state index contributed by atoms with van der Waals surface area (Å²) in [5, 5.41) is 0. The van der Waals surface area contributed by atoms with Gasteiger partial charge in [0.05, 0.1) is 0 Å². The molecule has 0 N–H and O–H groups in total. The van der Waals surface area contributed by atoms with Gasteiger partial charge in [-0.2, -0.15) is 0 Å². The van der Waals surface area contributed by atoms with Crippen molar-refractivity contribution in [3.8, 4) is 0 Å². The van der Waals surface area contributed by atoms with Gasteiger partial charge in [-0.1, -0.05) is 53.4 Å². The lowest BCUT2D eigenvalue weighted by Crippen LogP contribution is -2.33. The molecule has 0 spiro atoms. The molecule has 1 aliphatic rings. The van der Waals surface area contributed by atoms with E-state index in [1.807, 2.05) is 0 Å². The summed E-state index contributed by atoms with van der Waals surface area (Å²) in [6.07, 6.45) is 14.5. The van der Waals surface area contributed by atoms with Crippen LogP contribution >= 0.6 is 0 Å². The van der Waals surface area contributed by atoms with E-state index in [0.717, 1.165) is 10.8 Å². The fourth-order valence-electron chi connectivity index (χ4n) is 3.93. The van der Waals surface area contributed by atoms with Gasteiger partial charge in [-0.15, -0.1) is 0 Å². The van der Waals surface area contributed by atoms with Crippen LogP contribution < -0.4 is 0 Å². The molecule has 96 valence electrons. The second kappa shape index (κ2) is 6.07. The lowest BCUT2D eigenvalue weighted by molar-refractivity contribution is 0.0547. The number of hydrogen-bond acceptors (Lipinski definition) is 0. The molecule has 0 heterocycles. The first-order valence-electron chi connectivity index (χ1n) is 7.66. The fraction of sp³-hybridized carbons (Fsp3) is 1.00. The van der Waals surface area contributed by atoms with Crippen molar-refractivity contribution in [1.29, 1.82) is 0 Å². The Bertz CT molecular complexity index is 162. The van der Waals surface area contributed by atoms with Gasteiger partial charge in [-0.3, -0.25) is 0 Å². The van der Waals surface area contributed by atoms with Gasteiger partial charge in [0.15, 0.2) is 0 Å². The average molecular weight is 224 g/mol. The minimum Gasteiger partial charge on any atom is -0.0654 e. The summed E-state index contributed by atoms with van der Waals surface area (Å²) in [5.41, 5.74) is 1.45. The molecule has 16 heavy (non-hydrogen) atoms. The quantitative estimate of drug-likeness (QED) is 0.522. The Morgan fingerprint density at radius 2 is 0.938 bits per heavy atom. The van der Waals surface area contributed by atoms with Gasteiger partial charge in [0.1, 0.15) is 0 Å². The van der Waals surface area contributed by atoms with Crippen molar-refractivity contribution >= 4 is 0 Å². The average Bonchev–Trinajstić information content (AvgIpc) is 2.33. The Hall–Kier alpha value is 0. The lowest BCUT2D eigenvalue weighted by atomic mass is 9.59. The Morgan fingerprint density at radius 1 is 0.625 bits per heavy atom. The predicted octanol–water partition coefficient (Wildman–Crippen LogP) is 5.95. The molecule has 0 heteroatoms. The highest BCUT2D eigenvalue weighted by Crippen LogP contribution is 2.52. The van der Waals surface area contributed by atoms with Crippen LogP contribution in [0.2, 0.25) is 0 Å². The van der Waals surface area contributed by atoms with Gasteiger partial charge in [0, 0.05) is 0 Å². The maximum Gasteiger partial charge on any atom is -0.0300 e. The maximum atomic E-state index is 2.41. The zero-order chi connectivity index (χ0) is 12.1. The summed E-state index contributed by atoms with van der Waals surface area (Å²) in [6, 6.07) is 0. The van der Waals surface area contributed by atoms with Crippen molar-refractivity contribution in [3.63, 3.8) is 0 Å². The second-order valence-electron chi connectivity index (χ2n) is 6.21. The van der Waals surface area contributed by atoms with Crippen LogP contribution in [-0.2, 0) is 0 Å². The normalized spacial score (nSPS) is 35.2. The van der Waals surface area contributed by atoms with E-state index in [4.69, 9.17) is 0 Å². The Kier molecular flexibility index (Phi) is 5.34. The smallest absolute Gasteiger partial charge is 0.0300 e. The first kappa shape index (κ1) is 14.1. The monoisotopic (exact) mass is 224 g/mol. The van der Waals surface area contributed by atoms with E-state index < -0.39 is 0 Å². The molecule has 0 nitrogen and oxygen atoms in total. The van der Waals surface area contributed by atoms with Gasteiger partial charge >= 0.3 is 0 Å². The van der Waals surface area contributed by atoms with E-state index in [0.29, 0.717) is 0 Å². The summed E-state index contributed by atoms with van der Waals surface area (Å²) in [6.45, 7) is 9.53. The summed E-state index contributed by atoms with van der Waals surface area (Å²) in [5.74, 6) is 0. The molecule has 0 aromatic carbocycles. The SMILES string of the molecule is CCCC1(CC)CCC(CC)(CCC)CC1. The van der Waals surface area contributed by atoms with E-state index in [-0.39, 0.29) is 0 Å². The molecule has 1 fully saturated rings. The van der Waals surface area contributed by atoms with Crippen LogP contribution in [0.15, 0.2) is 0 Å². The molecule has 1 rings (SSSR count). The van der Waals surface area contributed by atoms with Gasteiger partial charge in [-0.25, -0.2) is 0 Å². The molecule has 0 unspecified atom stereocenters. The third kappa shape index (κ3) is 3.02. The second-order valence-corrected chi connectivity index (χ2v) is 6.21. The van der Waals surface area contributed by atoms with Crippen LogP contribution in [0.4, 0.5) is 0 Å². The third-order valence-electron chi connectivity index (χ3n) is 5.43. The topological polar surface area (TPSA) is 0 Å². The Morgan fingerprint density at radius 3 is 1.12 bits per heavy atom. The van der Waals surface area contributed by atoms with E-state index in [1.54, 1.807) is 0 Å². The van der Waals surface area contributed by atoms with E-state index in [2.05, 4.69) is 27.7 Å². The van der Waals surface area contributed by atoms with Crippen LogP contribution in [0.5, 0.6) is 0 Å². The van der Waals surface area contributed by atoms with Crippen LogP contribution in [0.25, 0.3) is 0 Å². The fourth-order valence-corrected chi connectivity index (χ4v) is 3.93. The van der Waals surface area contributed by atoms with Crippen molar-refractivity contribution in [1.82, 2.24) is 0 Å². The Labute approximate surface area is 103 Å². The van der Waals surface area contributed by atoms with Crippen LogP contribution in [0.1, 0.15) is 91.9 Å². The molecule has 0 atom stereocenters. The van der Waals surface area contributed by atoms with Crippen molar-refractivity contribution in [2.75, 3.05) is 0 Å². The molecule has 0 amide bonds. The number of rotatable bonds is 6. The van der Waals surface area contributed by atoms with Gasteiger partial charge < -0.3 is 0 Å². The highest BCUT2D eigenvalue weighted by atomic mass is 14.4. The van der Waals surface area contributed by atoms with Crippen LogP contribution in [0, 0.1) is 10.8 Å². The summed E-state index contributed by atoms with van der Waals surface area (Å²) in [4.78, 5) is 0. The molecule has 0 aromatic rings. The molecule has 1 saturated carbocycles. The summed E-state index contributed by atoms with van der Waals surface area (Å²) < 4.78 is 0. The van der Waals surface area contributed by atoms with E-state index in [9.17, 15) is 0 Å². The van der Waals surface area contributed by atoms with Crippen LogP contribution in [0.3, 0.4) is 0 Å². The minimum atomic E-state index is 0.723. The molecule has 0 radical (unpaired) electrons. The molecular formula is C16H32. The van der Waals surface area contributed by atoms with Gasteiger partial charge in [0.25, 0.3) is 0 Å². The van der Waals surface area contributed by atoms with Crippen molar-refractivity contribution in [2.24, 2.45) is 10.8 Å². The molecule has 1 aliphatic carbocycles. The molecule has 0 aliphatic heterocycles. The van der Waals surface area contributed by atoms with E-state index in [1.165, 1.54) is 64.2 Å². The van der Waals surface area contributed by atoms with Crippen LogP contribution in [-0.4, -0.2) is 0 Å². The van der Waals surface area contributed by atoms with Crippen molar-refractivity contribution < 1.29 is 0 Å². The standard InChI is InChI=1S/C16H32/c1-5-9-15(7-3)11-13-16(8-4,10-6-2)14-12-15/h5-14H2,1-4H3. The zero-order valence-electron chi connectivity index (χ0n) is 12.1. The minimum absolute atomic E-state index is 0.723. The maximum absolute atomic E-state index is 2.41. The Balaban J connectivity index is 2.59. The van der Waals surface area contributed by atoms with Gasteiger partial charge in [0.2, 0.25) is 0 Å². The predicted molar refractivity (Wildman–Crippen MR) is 73.7 cm³/mol. The number of hydrogen-bond donors (Lipinski definition) is 0. The molecule has 0 bridgehead atoms. The summed E-state index contributed by atoms with van der Waals surface area (Å²) in [7, 11) is 0. The first-order valence-corrected chi connectivity index (χ1v) is 7.66. The first-order chi connectivity index (χ1) is 7.66. The largest absolute Gasteiger partial charge is 0.0654 e. The van der Waals surface area contributed by atoms with Crippen molar-refractivity contribution in [3.05, 3.63) is 0 Å². The molecular weight excluding hydrogens is 192 g/mol. The third-order valence-corrected chi connectivity index (χ3v) is 5.43. The molecule has 0 saturated heterocycles. The summed E-state index contributed by atoms with van der Waals surface area (Å²) >= 11 is 0. The highest BCUT2D eigenvalue weighted by molar-refractivity contribution is 4.91. The van der Waals surface area contributed by atoms with Gasteiger partial charge in [-0.05, 0) is 49.4 Å². The highest BCUT2D eigenvalue weighted by Gasteiger charge is 2.39. The zero-order valence-corrected chi connectivity index (χ0v) is 12.1. The van der Waals surface area contributed by atoms with E-state index >= 15 is 0 Å². The lowest BCUT2D eigenvalue weighted by Gasteiger charge is -2.46. The molecule has 0 aromatic heterocycles.